The van der Waals surface area contributed by atoms with Crippen LogP contribution in [0.5, 0.6) is 0 Å². The molecule has 2 N–H and O–H groups in total. The number of aliphatic hydroxyl groups excluding tert-OH is 1. The maximum atomic E-state index is 9.93. The summed E-state index contributed by atoms with van der Waals surface area (Å²) in [7, 11) is 0. The zero-order valence-corrected chi connectivity index (χ0v) is 11.6. The standard InChI is InChI=1S/C12H22N2OS/c1-8(2)13-6-10(15)9-7-16-11(14-9)12(3,4)5/h7-8,10,13,15H,6H2,1-5H3. The predicted molar refractivity (Wildman–Crippen MR) is 68.9 cm³/mol. The van der Waals surface area contributed by atoms with Crippen LogP contribution in [-0.4, -0.2) is 22.7 Å². The second kappa shape index (κ2) is 5.25. The van der Waals surface area contributed by atoms with Gasteiger partial charge in [-0.25, -0.2) is 4.98 Å². The highest BCUT2D eigenvalue weighted by molar-refractivity contribution is 7.09. The van der Waals surface area contributed by atoms with Gasteiger partial charge in [-0.1, -0.05) is 34.6 Å². The molecule has 0 aliphatic rings. The fourth-order valence-electron chi connectivity index (χ4n) is 1.24. The van der Waals surface area contributed by atoms with Gasteiger partial charge in [0.05, 0.1) is 10.7 Å². The molecule has 0 aliphatic heterocycles. The van der Waals surface area contributed by atoms with E-state index < -0.39 is 6.10 Å². The first kappa shape index (κ1) is 13.6. The van der Waals surface area contributed by atoms with E-state index in [2.05, 4.69) is 44.9 Å². The molecule has 1 aromatic rings. The van der Waals surface area contributed by atoms with Crippen molar-refractivity contribution in [2.24, 2.45) is 0 Å². The number of aliphatic hydroxyl groups is 1. The molecule has 0 radical (unpaired) electrons. The second-order valence-electron chi connectivity index (χ2n) is 5.41. The molecule has 0 amide bonds. The first-order valence-corrected chi connectivity index (χ1v) is 6.56. The van der Waals surface area contributed by atoms with E-state index in [1.165, 1.54) is 0 Å². The van der Waals surface area contributed by atoms with E-state index in [9.17, 15) is 5.11 Å². The van der Waals surface area contributed by atoms with Gasteiger partial charge in [0, 0.05) is 23.4 Å². The molecule has 3 nitrogen and oxygen atoms in total. The first-order valence-electron chi connectivity index (χ1n) is 5.68. The SMILES string of the molecule is CC(C)NCC(O)c1csc(C(C)(C)C)n1. The Balaban J connectivity index is 2.63. The normalized spacial score (nSPS) is 14.4. The van der Waals surface area contributed by atoms with E-state index in [1.54, 1.807) is 11.3 Å². The number of nitrogens with zero attached hydrogens (tertiary/aromatic N) is 1. The van der Waals surface area contributed by atoms with Crippen LogP contribution in [0.1, 0.15) is 51.4 Å². The topological polar surface area (TPSA) is 45.1 Å². The van der Waals surface area contributed by atoms with Crippen LogP contribution in [0.2, 0.25) is 0 Å². The van der Waals surface area contributed by atoms with Crippen molar-refractivity contribution in [1.82, 2.24) is 10.3 Å². The van der Waals surface area contributed by atoms with Gasteiger partial charge in [0.1, 0.15) is 6.10 Å². The summed E-state index contributed by atoms with van der Waals surface area (Å²) in [6.07, 6.45) is -0.505. The summed E-state index contributed by atoms with van der Waals surface area (Å²) >= 11 is 1.62. The molecule has 1 rings (SSSR count). The Morgan fingerprint density at radius 1 is 1.44 bits per heavy atom. The molecule has 1 unspecified atom stereocenters. The van der Waals surface area contributed by atoms with Crippen molar-refractivity contribution in [2.75, 3.05) is 6.54 Å². The fourth-order valence-corrected chi connectivity index (χ4v) is 2.19. The van der Waals surface area contributed by atoms with Gasteiger partial charge in [-0.15, -0.1) is 11.3 Å². The summed E-state index contributed by atoms with van der Waals surface area (Å²) in [4.78, 5) is 4.49. The van der Waals surface area contributed by atoms with Crippen molar-refractivity contribution < 1.29 is 5.11 Å². The number of hydrogen-bond acceptors (Lipinski definition) is 4. The number of hydrogen-bond donors (Lipinski definition) is 2. The minimum atomic E-state index is -0.505. The van der Waals surface area contributed by atoms with Crippen LogP contribution in [-0.2, 0) is 5.41 Å². The molecule has 1 atom stereocenters. The highest BCUT2D eigenvalue weighted by atomic mass is 32.1. The van der Waals surface area contributed by atoms with Gasteiger partial charge in [0.2, 0.25) is 0 Å². The molecule has 0 aromatic carbocycles. The molecule has 0 aliphatic carbocycles. The summed E-state index contributed by atoms with van der Waals surface area (Å²) in [5, 5.41) is 16.2. The Morgan fingerprint density at radius 2 is 2.06 bits per heavy atom. The third kappa shape index (κ3) is 3.85. The van der Waals surface area contributed by atoms with Crippen LogP contribution < -0.4 is 5.32 Å². The third-order valence-electron chi connectivity index (χ3n) is 2.22. The minimum Gasteiger partial charge on any atom is -0.385 e. The number of thiazole rings is 1. The lowest BCUT2D eigenvalue weighted by Crippen LogP contribution is -2.28. The van der Waals surface area contributed by atoms with Crippen LogP contribution in [0.4, 0.5) is 0 Å². The molecule has 0 bridgehead atoms. The summed E-state index contributed by atoms with van der Waals surface area (Å²) in [6, 6.07) is 0.385. The average molecular weight is 242 g/mol. The van der Waals surface area contributed by atoms with Gasteiger partial charge in [-0.3, -0.25) is 0 Å². The molecule has 92 valence electrons. The molecule has 4 heteroatoms. The van der Waals surface area contributed by atoms with Crippen molar-refractivity contribution in [3.63, 3.8) is 0 Å². The van der Waals surface area contributed by atoms with Gasteiger partial charge in [0.15, 0.2) is 0 Å². The Hall–Kier alpha value is -0.450. The molecular weight excluding hydrogens is 220 g/mol. The predicted octanol–water partition coefficient (Wildman–Crippen LogP) is 2.47. The monoisotopic (exact) mass is 242 g/mol. The van der Waals surface area contributed by atoms with Gasteiger partial charge >= 0.3 is 0 Å². The molecule has 0 spiro atoms. The number of rotatable bonds is 4. The Kier molecular flexibility index (Phi) is 4.47. The summed E-state index contributed by atoms with van der Waals surface area (Å²) in [5.74, 6) is 0. The lowest BCUT2D eigenvalue weighted by atomic mass is 9.98. The smallest absolute Gasteiger partial charge is 0.109 e. The largest absolute Gasteiger partial charge is 0.385 e. The van der Waals surface area contributed by atoms with Gasteiger partial charge in [-0.05, 0) is 0 Å². The van der Waals surface area contributed by atoms with Crippen molar-refractivity contribution in [2.45, 2.75) is 52.2 Å². The van der Waals surface area contributed by atoms with Crippen LogP contribution in [0.25, 0.3) is 0 Å². The van der Waals surface area contributed by atoms with Gasteiger partial charge in [-0.2, -0.15) is 0 Å². The second-order valence-corrected chi connectivity index (χ2v) is 6.26. The Bertz CT molecular complexity index is 328. The van der Waals surface area contributed by atoms with Gasteiger partial charge < -0.3 is 10.4 Å². The average Bonchev–Trinajstić information content (AvgIpc) is 2.61. The number of aromatic nitrogens is 1. The molecule has 0 saturated carbocycles. The van der Waals surface area contributed by atoms with E-state index in [-0.39, 0.29) is 5.41 Å². The van der Waals surface area contributed by atoms with E-state index in [4.69, 9.17) is 0 Å². The summed E-state index contributed by atoms with van der Waals surface area (Å²) in [6.45, 7) is 11.1. The highest BCUT2D eigenvalue weighted by Crippen LogP contribution is 2.27. The Morgan fingerprint density at radius 3 is 2.50 bits per heavy atom. The van der Waals surface area contributed by atoms with Crippen LogP contribution in [0.3, 0.4) is 0 Å². The zero-order chi connectivity index (χ0) is 12.3. The van der Waals surface area contributed by atoms with Crippen LogP contribution in [0, 0.1) is 0 Å². The molecular formula is C12H22N2OS. The van der Waals surface area contributed by atoms with E-state index in [0.717, 1.165) is 10.7 Å². The molecule has 1 heterocycles. The maximum absolute atomic E-state index is 9.93. The van der Waals surface area contributed by atoms with E-state index in [1.807, 2.05) is 5.38 Å². The van der Waals surface area contributed by atoms with Crippen molar-refractivity contribution >= 4 is 11.3 Å². The van der Waals surface area contributed by atoms with Crippen molar-refractivity contribution in [3.05, 3.63) is 16.1 Å². The molecule has 1 aromatic heterocycles. The van der Waals surface area contributed by atoms with E-state index >= 15 is 0 Å². The molecule has 0 saturated heterocycles. The van der Waals surface area contributed by atoms with Crippen molar-refractivity contribution in [3.8, 4) is 0 Å². The summed E-state index contributed by atoms with van der Waals surface area (Å²) < 4.78 is 0. The highest BCUT2D eigenvalue weighted by Gasteiger charge is 2.20. The van der Waals surface area contributed by atoms with E-state index in [0.29, 0.717) is 12.6 Å². The van der Waals surface area contributed by atoms with Crippen LogP contribution in [0.15, 0.2) is 5.38 Å². The summed E-state index contributed by atoms with van der Waals surface area (Å²) in [5.41, 5.74) is 0.844. The Labute approximate surface area is 102 Å². The zero-order valence-electron chi connectivity index (χ0n) is 10.7. The van der Waals surface area contributed by atoms with Crippen molar-refractivity contribution in [1.29, 1.82) is 0 Å². The number of nitrogens with one attached hydrogen (secondary N) is 1. The fraction of sp³-hybridized carbons (Fsp3) is 0.750. The lowest BCUT2D eigenvalue weighted by molar-refractivity contribution is 0.167. The maximum Gasteiger partial charge on any atom is 0.109 e. The van der Waals surface area contributed by atoms with Crippen LogP contribution >= 0.6 is 11.3 Å². The minimum absolute atomic E-state index is 0.0636. The third-order valence-corrected chi connectivity index (χ3v) is 3.51. The lowest BCUT2D eigenvalue weighted by Gasteiger charge is -2.15. The van der Waals surface area contributed by atoms with Gasteiger partial charge in [0.25, 0.3) is 0 Å². The first-order chi connectivity index (χ1) is 7.30. The molecule has 0 fully saturated rings. The molecule has 16 heavy (non-hydrogen) atoms. The quantitative estimate of drug-likeness (QED) is 0.852.